The Kier molecular flexibility index (Phi) is 5.96. The van der Waals surface area contributed by atoms with Crippen LogP contribution in [0.4, 0.5) is 0 Å². The summed E-state index contributed by atoms with van der Waals surface area (Å²) in [6.07, 6.45) is -0.865. The molecule has 0 aliphatic rings. The van der Waals surface area contributed by atoms with Gasteiger partial charge < -0.3 is 10.1 Å². The minimum Gasteiger partial charge on any atom is -0.448 e. The zero-order chi connectivity index (χ0) is 17.9. The summed E-state index contributed by atoms with van der Waals surface area (Å²) in [5.41, 5.74) is 1.40. The number of nitrogens with one attached hydrogen (secondary N) is 1. The van der Waals surface area contributed by atoms with E-state index in [4.69, 9.17) is 16.3 Å². The van der Waals surface area contributed by atoms with Crippen LogP contribution >= 0.6 is 22.9 Å². The van der Waals surface area contributed by atoms with Gasteiger partial charge in [0.05, 0.1) is 5.69 Å². The molecule has 5 nitrogen and oxygen atoms in total. The molecule has 2 aromatic rings. The number of nitrogens with zero attached hydrogens (tertiary/aromatic N) is 1. The summed E-state index contributed by atoms with van der Waals surface area (Å²) >= 11 is 7.21. The summed E-state index contributed by atoms with van der Waals surface area (Å²) < 4.78 is 5.25. The van der Waals surface area contributed by atoms with Gasteiger partial charge in [-0.2, -0.15) is 0 Å². The molecule has 1 aromatic carbocycles. The molecular weight excluding hydrogens is 348 g/mol. The second kappa shape index (κ2) is 7.77. The van der Waals surface area contributed by atoms with Crippen LogP contribution in [0, 0.1) is 6.92 Å². The molecule has 0 radical (unpaired) electrons. The van der Waals surface area contributed by atoms with Crippen molar-refractivity contribution >= 4 is 34.8 Å². The molecule has 0 unspecified atom stereocenters. The van der Waals surface area contributed by atoms with Gasteiger partial charge in [0.15, 0.2) is 6.10 Å². The number of halogens is 1. The fourth-order valence-electron chi connectivity index (χ4n) is 2.00. The van der Waals surface area contributed by atoms with Crippen LogP contribution in [0.2, 0.25) is 5.02 Å². The Balaban J connectivity index is 2.15. The number of esters is 1. The van der Waals surface area contributed by atoms with E-state index in [0.29, 0.717) is 20.6 Å². The van der Waals surface area contributed by atoms with Crippen LogP contribution in [0.1, 0.15) is 36.1 Å². The topological polar surface area (TPSA) is 68.3 Å². The molecule has 0 saturated heterocycles. The van der Waals surface area contributed by atoms with Crippen molar-refractivity contribution in [2.75, 3.05) is 0 Å². The molecule has 0 bridgehead atoms. The van der Waals surface area contributed by atoms with Crippen molar-refractivity contribution in [1.82, 2.24) is 10.3 Å². The van der Waals surface area contributed by atoms with Crippen LogP contribution in [-0.2, 0) is 9.53 Å². The first-order valence-electron chi connectivity index (χ1n) is 7.52. The van der Waals surface area contributed by atoms with Crippen LogP contribution < -0.4 is 5.32 Å². The highest BCUT2D eigenvalue weighted by Crippen LogP contribution is 2.30. The number of ether oxygens (including phenoxy) is 1. The largest absolute Gasteiger partial charge is 0.448 e. The average Bonchev–Trinajstić information content (AvgIpc) is 2.88. The van der Waals surface area contributed by atoms with Crippen LogP contribution in [0.15, 0.2) is 24.3 Å². The smallest absolute Gasteiger partial charge is 0.351 e. The number of carbonyl (C=O) groups is 2. The van der Waals surface area contributed by atoms with Crippen molar-refractivity contribution in [1.29, 1.82) is 0 Å². The fourth-order valence-corrected chi connectivity index (χ4v) is 3.14. The summed E-state index contributed by atoms with van der Waals surface area (Å²) in [5.74, 6) is -0.875. The van der Waals surface area contributed by atoms with Gasteiger partial charge >= 0.3 is 5.97 Å². The van der Waals surface area contributed by atoms with Crippen LogP contribution in [0.25, 0.3) is 10.6 Å². The predicted molar refractivity (Wildman–Crippen MR) is 95.5 cm³/mol. The van der Waals surface area contributed by atoms with Crippen molar-refractivity contribution in [2.45, 2.75) is 39.8 Å². The Morgan fingerprint density at radius 1 is 1.29 bits per heavy atom. The molecule has 1 heterocycles. The molecule has 2 rings (SSSR count). The van der Waals surface area contributed by atoms with Crippen molar-refractivity contribution < 1.29 is 14.3 Å². The van der Waals surface area contributed by atoms with Gasteiger partial charge in [-0.05, 0) is 39.8 Å². The Morgan fingerprint density at radius 3 is 2.62 bits per heavy atom. The molecule has 0 aliphatic heterocycles. The number of rotatable bonds is 5. The zero-order valence-corrected chi connectivity index (χ0v) is 15.5. The highest BCUT2D eigenvalue weighted by Gasteiger charge is 2.23. The Hall–Kier alpha value is -1.92. The van der Waals surface area contributed by atoms with E-state index >= 15 is 0 Å². The van der Waals surface area contributed by atoms with Crippen molar-refractivity contribution in [3.05, 3.63) is 39.9 Å². The molecular formula is C17H19ClN2O3S. The number of thiazole rings is 1. The molecule has 0 aliphatic carbocycles. The molecule has 0 spiro atoms. The van der Waals surface area contributed by atoms with E-state index in [-0.39, 0.29) is 11.9 Å². The predicted octanol–water partition coefficient (Wildman–Crippen LogP) is 3.84. The molecule has 1 atom stereocenters. The van der Waals surface area contributed by atoms with Crippen LogP contribution in [0.5, 0.6) is 0 Å². The number of amides is 1. The molecule has 1 aromatic heterocycles. The number of benzene rings is 1. The fraction of sp³-hybridized carbons (Fsp3) is 0.353. The summed E-state index contributed by atoms with van der Waals surface area (Å²) in [5, 5.41) is 3.99. The monoisotopic (exact) mass is 366 g/mol. The minimum atomic E-state index is -0.865. The van der Waals surface area contributed by atoms with Gasteiger partial charge in [0.25, 0.3) is 5.91 Å². The molecule has 1 amide bonds. The molecule has 7 heteroatoms. The number of aromatic nitrogens is 1. The number of hydrogen-bond acceptors (Lipinski definition) is 5. The second-order valence-corrected chi connectivity index (χ2v) is 7.09. The lowest BCUT2D eigenvalue weighted by Crippen LogP contribution is -2.39. The van der Waals surface area contributed by atoms with Crippen molar-refractivity contribution in [3.63, 3.8) is 0 Å². The van der Waals surface area contributed by atoms with Crippen LogP contribution in [-0.4, -0.2) is 29.0 Å². The first kappa shape index (κ1) is 18.4. The van der Waals surface area contributed by atoms with Gasteiger partial charge in [0, 0.05) is 16.6 Å². The summed E-state index contributed by atoms with van der Waals surface area (Å²) in [6, 6.07) is 7.24. The third-order valence-corrected chi connectivity index (χ3v) is 4.56. The van der Waals surface area contributed by atoms with E-state index in [1.54, 1.807) is 26.0 Å². The quantitative estimate of drug-likeness (QED) is 0.816. The maximum absolute atomic E-state index is 12.3. The average molecular weight is 367 g/mol. The lowest BCUT2D eigenvalue weighted by molar-refractivity contribution is -0.129. The number of aryl methyl sites for hydroxylation is 1. The number of hydrogen-bond donors (Lipinski definition) is 1. The van der Waals surface area contributed by atoms with Gasteiger partial charge in [-0.1, -0.05) is 23.7 Å². The van der Waals surface area contributed by atoms with E-state index in [0.717, 1.165) is 5.56 Å². The Labute approximate surface area is 150 Å². The Morgan fingerprint density at radius 2 is 2.00 bits per heavy atom. The van der Waals surface area contributed by atoms with Gasteiger partial charge in [-0.25, -0.2) is 9.78 Å². The molecule has 128 valence electrons. The molecule has 0 saturated carbocycles. The SMILES string of the molecule is Cc1nc(-c2cccc(Cl)c2)sc1C(=O)O[C@@H](C)C(=O)NC(C)C. The standard InChI is InChI=1S/C17H19ClN2O3S/c1-9(2)19-15(21)11(4)23-17(22)14-10(3)20-16(24-14)12-6-5-7-13(18)8-12/h5-9,11H,1-4H3,(H,19,21)/t11-/m0/s1. The third kappa shape index (κ3) is 4.55. The van der Waals surface area contributed by atoms with Gasteiger partial charge in [-0.15, -0.1) is 11.3 Å². The molecule has 24 heavy (non-hydrogen) atoms. The maximum atomic E-state index is 12.3. The lowest BCUT2D eigenvalue weighted by Gasteiger charge is -2.14. The Bertz CT molecular complexity index is 758. The minimum absolute atomic E-state index is 0.0155. The third-order valence-electron chi connectivity index (χ3n) is 3.14. The molecule has 1 N–H and O–H groups in total. The summed E-state index contributed by atoms with van der Waals surface area (Å²) in [4.78, 5) is 29.0. The number of carbonyl (C=O) groups excluding carboxylic acids is 2. The first-order valence-corrected chi connectivity index (χ1v) is 8.72. The second-order valence-electron chi connectivity index (χ2n) is 5.65. The van der Waals surface area contributed by atoms with Gasteiger partial charge in [0.2, 0.25) is 0 Å². The summed E-state index contributed by atoms with van der Waals surface area (Å²) in [6.45, 7) is 6.97. The van der Waals surface area contributed by atoms with Crippen molar-refractivity contribution in [3.8, 4) is 10.6 Å². The van der Waals surface area contributed by atoms with E-state index in [9.17, 15) is 9.59 Å². The highest BCUT2D eigenvalue weighted by atomic mass is 35.5. The maximum Gasteiger partial charge on any atom is 0.351 e. The van der Waals surface area contributed by atoms with E-state index < -0.39 is 12.1 Å². The van der Waals surface area contributed by atoms with E-state index in [2.05, 4.69) is 10.3 Å². The van der Waals surface area contributed by atoms with Crippen molar-refractivity contribution in [2.24, 2.45) is 0 Å². The zero-order valence-electron chi connectivity index (χ0n) is 13.9. The van der Waals surface area contributed by atoms with Gasteiger partial charge in [-0.3, -0.25) is 4.79 Å². The van der Waals surface area contributed by atoms with E-state index in [1.807, 2.05) is 26.0 Å². The lowest BCUT2D eigenvalue weighted by atomic mass is 10.2. The normalized spacial score (nSPS) is 12.1. The highest BCUT2D eigenvalue weighted by molar-refractivity contribution is 7.17. The van der Waals surface area contributed by atoms with Crippen LogP contribution in [0.3, 0.4) is 0 Å². The van der Waals surface area contributed by atoms with E-state index in [1.165, 1.54) is 11.3 Å². The van der Waals surface area contributed by atoms with Gasteiger partial charge in [0.1, 0.15) is 9.88 Å². The first-order chi connectivity index (χ1) is 11.3. The molecule has 0 fully saturated rings. The summed E-state index contributed by atoms with van der Waals surface area (Å²) in [7, 11) is 0.